The molecular weight excluding hydrogens is 426 g/mol. The highest BCUT2D eigenvalue weighted by Crippen LogP contribution is 2.41. The average Bonchev–Trinajstić information content (AvgIpc) is 2.69. The van der Waals surface area contributed by atoms with E-state index in [-0.39, 0.29) is 17.3 Å². The van der Waals surface area contributed by atoms with E-state index in [0.717, 1.165) is 0 Å². The van der Waals surface area contributed by atoms with Crippen LogP contribution in [-0.4, -0.2) is 25.8 Å². The Balaban J connectivity index is 2.37. The highest BCUT2D eigenvalue weighted by Gasteiger charge is 2.39. The van der Waals surface area contributed by atoms with E-state index < -0.39 is 19.2 Å². The normalized spacial score (nSPS) is 11.8. The number of carbonyl (C=O) groups excluding carboxylic acids is 1. The van der Waals surface area contributed by atoms with Crippen molar-refractivity contribution in [1.29, 1.82) is 0 Å². The fourth-order valence-corrected chi connectivity index (χ4v) is 4.01. The van der Waals surface area contributed by atoms with Gasteiger partial charge in [0, 0.05) is 29.3 Å². The van der Waals surface area contributed by atoms with Gasteiger partial charge in [0.05, 0.1) is 17.1 Å². The van der Waals surface area contributed by atoms with Crippen LogP contribution in [0.25, 0.3) is 0 Å². The molecule has 0 bridgehead atoms. The summed E-state index contributed by atoms with van der Waals surface area (Å²) in [6, 6.07) is 7.80. The van der Waals surface area contributed by atoms with E-state index in [1.165, 1.54) is 12.1 Å². The summed E-state index contributed by atoms with van der Waals surface area (Å²) in [6.07, 6.45) is 0. The highest BCUT2D eigenvalue weighted by atomic mass is 28.4. The van der Waals surface area contributed by atoms with Crippen molar-refractivity contribution >= 4 is 20.0 Å². The molecule has 0 fully saturated rings. The first-order chi connectivity index (χ1) is 14.8. The van der Waals surface area contributed by atoms with E-state index >= 15 is 0 Å². The van der Waals surface area contributed by atoms with Gasteiger partial charge in [-0.05, 0) is 56.6 Å². The topological polar surface area (TPSA) is 87.9 Å². The third-order valence-corrected chi connectivity index (χ3v) is 10.3. The Morgan fingerprint density at radius 2 is 1.62 bits per heavy atom. The number of hydrogen-bond donors (Lipinski definition) is 0. The number of nitrogens with zero attached hydrogens (tertiary/aromatic N) is 1. The molecule has 0 spiro atoms. The molecule has 8 heteroatoms. The summed E-state index contributed by atoms with van der Waals surface area (Å²) < 4.78 is 17.9. The number of carbonyl (C=O) groups is 1. The summed E-state index contributed by atoms with van der Waals surface area (Å²) in [7, 11) is -2.15. The smallest absolute Gasteiger partial charge is 0.339 e. The van der Waals surface area contributed by atoms with Crippen molar-refractivity contribution < 1.29 is 23.6 Å². The van der Waals surface area contributed by atoms with Crippen LogP contribution in [0.3, 0.4) is 0 Å². The fraction of sp³-hybridized carbons (Fsp3) is 0.458. The van der Waals surface area contributed by atoms with Crippen LogP contribution in [0, 0.1) is 24.0 Å². The third-order valence-electron chi connectivity index (χ3n) is 5.94. The maximum absolute atomic E-state index is 13.1. The molecular formula is C24H33NO6Si. The van der Waals surface area contributed by atoms with Crippen molar-refractivity contribution in [2.24, 2.45) is 0 Å². The number of hydrogen-bond acceptors (Lipinski definition) is 6. The maximum Gasteiger partial charge on any atom is 0.339 e. The van der Waals surface area contributed by atoms with Crippen LogP contribution < -0.4 is 9.16 Å². The van der Waals surface area contributed by atoms with Gasteiger partial charge >= 0.3 is 5.97 Å². The van der Waals surface area contributed by atoms with E-state index in [1.54, 1.807) is 12.1 Å². The van der Waals surface area contributed by atoms with Crippen molar-refractivity contribution in [2.75, 3.05) is 6.61 Å². The minimum Gasteiger partial charge on any atom is -0.543 e. The monoisotopic (exact) mass is 459 g/mol. The molecule has 2 aromatic rings. The van der Waals surface area contributed by atoms with E-state index in [9.17, 15) is 14.9 Å². The molecule has 0 N–H and O–H groups in total. The molecule has 0 atom stereocenters. The van der Waals surface area contributed by atoms with Crippen LogP contribution in [0.15, 0.2) is 30.3 Å². The summed E-state index contributed by atoms with van der Waals surface area (Å²) in [5.41, 5.74) is 2.48. The lowest BCUT2D eigenvalue weighted by Crippen LogP contribution is -2.44. The molecule has 0 heterocycles. The van der Waals surface area contributed by atoms with E-state index in [4.69, 9.17) is 13.9 Å². The van der Waals surface area contributed by atoms with Crippen LogP contribution in [0.5, 0.6) is 11.5 Å². The number of ether oxygens (including phenoxy) is 2. The second-order valence-electron chi connectivity index (χ2n) is 9.29. The van der Waals surface area contributed by atoms with Gasteiger partial charge in [-0.25, -0.2) is 4.79 Å². The fourth-order valence-electron chi connectivity index (χ4n) is 2.94. The van der Waals surface area contributed by atoms with E-state index in [2.05, 4.69) is 33.9 Å². The van der Waals surface area contributed by atoms with Crippen LogP contribution in [0.2, 0.25) is 18.1 Å². The lowest BCUT2D eigenvalue weighted by molar-refractivity contribution is -0.384. The molecule has 174 valence electrons. The first kappa shape index (κ1) is 25.4. The van der Waals surface area contributed by atoms with Crippen LogP contribution in [-0.2, 0) is 11.3 Å². The molecule has 32 heavy (non-hydrogen) atoms. The number of esters is 1. The minimum absolute atomic E-state index is 0.00694. The first-order valence-corrected chi connectivity index (χ1v) is 13.6. The summed E-state index contributed by atoms with van der Waals surface area (Å²) in [5.74, 6) is 0.738. The van der Waals surface area contributed by atoms with Gasteiger partial charge in [-0.15, -0.1) is 0 Å². The zero-order valence-corrected chi connectivity index (χ0v) is 21.2. The van der Waals surface area contributed by atoms with Gasteiger partial charge in [0.1, 0.15) is 18.1 Å². The Morgan fingerprint density at radius 3 is 2.12 bits per heavy atom. The van der Waals surface area contributed by atoms with Gasteiger partial charge in [0.15, 0.2) is 0 Å². The standard InChI is InChI=1S/C24H33NO6Si/c1-9-29-20-14-21(31-32(7,8)24(4,5)6)17(3)22(16(20)2)23(26)30-15-18-10-12-19(13-11-18)25(27)28/h10-14H,9,15H2,1-8H3. The van der Waals surface area contributed by atoms with Crippen molar-refractivity contribution in [1.82, 2.24) is 0 Å². The highest BCUT2D eigenvalue weighted by molar-refractivity contribution is 6.74. The number of nitro groups is 1. The molecule has 0 aliphatic carbocycles. The summed E-state index contributed by atoms with van der Waals surface area (Å²) in [5, 5.41) is 10.8. The molecule has 0 radical (unpaired) electrons. The molecule has 0 aliphatic heterocycles. The largest absolute Gasteiger partial charge is 0.543 e. The van der Waals surface area contributed by atoms with E-state index in [1.807, 2.05) is 26.8 Å². The number of rotatable bonds is 8. The summed E-state index contributed by atoms with van der Waals surface area (Å²) >= 11 is 0. The van der Waals surface area contributed by atoms with Crippen LogP contribution in [0.1, 0.15) is 54.7 Å². The second-order valence-corrected chi connectivity index (χ2v) is 14.0. The van der Waals surface area contributed by atoms with E-state index in [0.29, 0.717) is 40.4 Å². The molecule has 0 amide bonds. The van der Waals surface area contributed by atoms with Crippen molar-refractivity contribution in [3.63, 3.8) is 0 Å². The Hall–Kier alpha value is -2.87. The van der Waals surface area contributed by atoms with Gasteiger partial charge in [-0.1, -0.05) is 20.8 Å². The Kier molecular flexibility index (Phi) is 7.72. The predicted molar refractivity (Wildman–Crippen MR) is 127 cm³/mol. The quantitative estimate of drug-likeness (QED) is 0.198. The van der Waals surface area contributed by atoms with Gasteiger partial charge in [0.2, 0.25) is 8.32 Å². The van der Waals surface area contributed by atoms with Crippen molar-refractivity contribution in [3.8, 4) is 11.5 Å². The predicted octanol–water partition coefficient (Wildman–Crippen LogP) is 6.35. The minimum atomic E-state index is -2.15. The van der Waals surface area contributed by atoms with Gasteiger partial charge in [-0.3, -0.25) is 10.1 Å². The molecule has 0 aliphatic rings. The lowest BCUT2D eigenvalue weighted by atomic mass is 10.0. The number of nitro benzene ring substituents is 1. The molecule has 0 aromatic heterocycles. The molecule has 0 saturated carbocycles. The van der Waals surface area contributed by atoms with Crippen molar-refractivity contribution in [3.05, 3.63) is 62.7 Å². The van der Waals surface area contributed by atoms with Gasteiger partial charge in [0.25, 0.3) is 5.69 Å². The molecule has 7 nitrogen and oxygen atoms in total. The summed E-state index contributed by atoms with van der Waals surface area (Å²) in [4.78, 5) is 23.4. The van der Waals surface area contributed by atoms with Crippen LogP contribution in [0.4, 0.5) is 5.69 Å². The number of non-ortho nitro benzene ring substituents is 1. The Morgan fingerprint density at radius 1 is 1.06 bits per heavy atom. The van der Waals surface area contributed by atoms with Crippen LogP contribution >= 0.6 is 0 Å². The lowest BCUT2D eigenvalue weighted by Gasteiger charge is -2.37. The second kappa shape index (κ2) is 9.73. The first-order valence-electron chi connectivity index (χ1n) is 10.6. The zero-order valence-electron chi connectivity index (χ0n) is 20.2. The maximum atomic E-state index is 13.1. The summed E-state index contributed by atoms with van der Waals surface area (Å²) in [6.45, 7) is 16.8. The zero-order chi connectivity index (χ0) is 24.3. The molecule has 0 unspecified atom stereocenters. The Labute approximate surface area is 191 Å². The third kappa shape index (κ3) is 5.67. The molecule has 2 rings (SSSR count). The van der Waals surface area contributed by atoms with Gasteiger partial charge in [-0.2, -0.15) is 0 Å². The molecule has 2 aromatic carbocycles. The number of benzene rings is 2. The average molecular weight is 460 g/mol. The van der Waals surface area contributed by atoms with Gasteiger partial charge < -0.3 is 13.9 Å². The SMILES string of the molecule is CCOc1cc(O[Si](C)(C)C(C)(C)C)c(C)c(C(=O)OCc2ccc([N+](=O)[O-])cc2)c1C. The Bertz CT molecular complexity index is 993. The van der Waals surface area contributed by atoms with Crippen molar-refractivity contribution in [2.45, 2.75) is 66.3 Å². The molecule has 0 saturated heterocycles.